The molecule has 2 aromatic rings. The Kier molecular flexibility index (Phi) is 6.13. The first kappa shape index (κ1) is 18.5. The van der Waals surface area contributed by atoms with E-state index in [9.17, 15) is 18.4 Å². The number of hydrogen-bond donors (Lipinski definition) is 1. The number of benzene rings is 1. The first-order valence-electron chi connectivity index (χ1n) is 7.18. The number of thiazole rings is 1. The van der Waals surface area contributed by atoms with Gasteiger partial charge in [-0.2, -0.15) is 0 Å². The van der Waals surface area contributed by atoms with Crippen LogP contribution in [0.15, 0.2) is 48.9 Å². The quantitative estimate of drug-likeness (QED) is 0.766. The summed E-state index contributed by atoms with van der Waals surface area (Å²) in [5, 5.41) is 4.05. The average molecular weight is 363 g/mol. The smallest absolute Gasteiger partial charge is 0.273 e. The van der Waals surface area contributed by atoms with E-state index in [4.69, 9.17) is 0 Å². The lowest BCUT2D eigenvalue weighted by molar-refractivity contribution is 0.0785. The average Bonchev–Trinajstić information content (AvgIpc) is 3.01. The molecule has 0 aliphatic carbocycles. The second-order valence-electron chi connectivity index (χ2n) is 4.94. The molecule has 0 atom stereocenters. The number of hydrogen-bond acceptors (Lipinski definition) is 4. The maximum atomic E-state index is 13.2. The van der Waals surface area contributed by atoms with Crippen LogP contribution in [0.2, 0.25) is 0 Å². The van der Waals surface area contributed by atoms with E-state index in [1.165, 1.54) is 10.3 Å². The van der Waals surface area contributed by atoms with Crippen molar-refractivity contribution in [3.8, 4) is 0 Å². The number of carbonyl (C=O) groups is 2. The second kappa shape index (κ2) is 8.29. The Bertz CT molecular complexity index is 790. The van der Waals surface area contributed by atoms with Crippen LogP contribution in [-0.4, -0.2) is 34.8 Å². The van der Waals surface area contributed by atoms with Crippen LogP contribution < -0.4 is 5.32 Å². The summed E-state index contributed by atoms with van der Waals surface area (Å²) in [6.07, 6.45) is 3.16. The minimum Gasteiger partial charge on any atom is -0.330 e. The first-order valence-corrected chi connectivity index (χ1v) is 8.06. The van der Waals surface area contributed by atoms with Gasteiger partial charge in [-0.05, 0) is 12.1 Å². The van der Waals surface area contributed by atoms with Crippen LogP contribution in [0.1, 0.15) is 20.8 Å². The lowest BCUT2D eigenvalue weighted by Gasteiger charge is -2.17. The molecule has 0 spiro atoms. The zero-order valence-electron chi connectivity index (χ0n) is 13.2. The molecule has 0 unspecified atom stereocenters. The van der Waals surface area contributed by atoms with Gasteiger partial charge in [0, 0.05) is 30.1 Å². The van der Waals surface area contributed by atoms with Gasteiger partial charge in [-0.15, -0.1) is 24.5 Å². The number of halogens is 2. The molecule has 25 heavy (non-hydrogen) atoms. The van der Waals surface area contributed by atoms with Crippen LogP contribution in [0.3, 0.4) is 0 Å². The van der Waals surface area contributed by atoms with Crippen molar-refractivity contribution in [3.63, 3.8) is 0 Å². The number of nitrogens with zero attached hydrogens (tertiary/aromatic N) is 2. The molecule has 1 aromatic heterocycles. The topological polar surface area (TPSA) is 62.3 Å². The molecular formula is C17H15F2N3O2S. The molecule has 130 valence electrons. The molecule has 0 aliphatic rings. The van der Waals surface area contributed by atoms with Gasteiger partial charge < -0.3 is 4.90 Å². The molecule has 1 aromatic carbocycles. The van der Waals surface area contributed by atoms with Gasteiger partial charge in [0.05, 0.1) is 0 Å². The highest BCUT2D eigenvalue weighted by Gasteiger charge is 2.18. The van der Waals surface area contributed by atoms with Gasteiger partial charge in [0.1, 0.15) is 17.3 Å². The maximum absolute atomic E-state index is 13.2. The number of rotatable bonds is 7. The van der Waals surface area contributed by atoms with Crippen LogP contribution in [0.5, 0.6) is 0 Å². The van der Waals surface area contributed by atoms with Crippen LogP contribution in [0.25, 0.3) is 0 Å². The minimum atomic E-state index is -0.857. The van der Waals surface area contributed by atoms with Gasteiger partial charge in [0.2, 0.25) is 0 Å². The van der Waals surface area contributed by atoms with Crippen molar-refractivity contribution in [1.29, 1.82) is 0 Å². The second-order valence-corrected chi connectivity index (χ2v) is 5.80. The van der Waals surface area contributed by atoms with E-state index in [1.807, 2.05) is 0 Å². The van der Waals surface area contributed by atoms with Crippen molar-refractivity contribution in [2.75, 3.05) is 18.4 Å². The molecule has 0 fully saturated rings. The fourth-order valence-corrected chi connectivity index (χ4v) is 2.68. The van der Waals surface area contributed by atoms with E-state index in [0.29, 0.717) is 19.2 Å². The van der Waals surface area contributed by atoms with Crippen LogP contribution in [-0.2, 0) is 0 Å². The van der Waals surface area contributed by atoms with Gasteiger partial charge in [-0.3, -0.25) is 14.9 Å². The zero-order chi connectivity index (χ0) is 18.4. The Labute approximate surface area is 147 Å². The molecule has 0 saturated heterocycles. The fourth-order valence-electron chi connectivity index (χ4n) is 2.00. The minimum absolute atomic E-state index is 0.148. The van der Waals surface area contributed by atoms with Crippen molar-refractivity contribution in [2.45, 2.75) is 0 Å². The number of carbonyl (C=O) groups excluding carboxylic acids is 2. The maximum Gasteiger partial charge on any atom is 0.273 e. The molecule has 0 bridgehead atoms. The number of aromatic nitrogens is 1. The summed E-state index contributed by atoms with van der Waals surface area (Å²) in [6.45, 7) is 7.83. The van der Waals surface area contributed by atoms with Crippen molar-refractivity contribution in [3.05, 3.63) is 71.8 Å². The van der Waals surface area contributed by atoms with Crippen LogP contribution >= 0.6 is 11.3 Å². The van der Waals surface area contributed by atoms with Gasteiger partial charge in [0.25, 0.3) is 11.8 Å². The van der Waals surface area contributed by atoms with E-state index in [-0.39, 0.29) is 22.3 Å². The molecule has 1 heterocycles. The summed E-state index contributed by atoms with van der Waals surface area (Å²) in [7, 11) is 0. The van der Waals surface area contributed by atoms with E-state index in [1.54, 1.807) is 12.2 Å². The lowest BCUT2D eigenvalue weighted by atomic mass is 10.2. The van der Waals surface area contributed by atoms with Crippen molar-refractivity contribution in [1.82, 2.24) is 9.88 Å². The number of nitrogens with one attached hydrogen (secondary N) is 1. The lowest BCUT2D eigenvalue weighted by Crippen LogP contribution is -2.31. The Balaban J connectivity index is 2.12. The predicted octanol–water partition coefficient (Wildman–Crippen LogP) is 3.49. The predicted molar refractivity (Wildman–Crippen MR) is 92.7 cm³/mol. The summed E-state index contributed by atoms with van der Waals surface area (Å²) in [4.78, 5) is 29.9. The van der Waals surface area contributed by atoms with Gasteiger partial charge in [0.15, 0.2) is 5.13 Å². The normalized spacial score (nSPS) is 10.2. The molecule has 2 rings (SSSR count). The SMILES string of the molecule is C=CCN(CC=C)C(=O)c1csc(NC(=O)c2cc(F)cc(F)c2)n1. The molecular weight excluding hydrogens is 348 g/mol. The summed E-state index contributed by atoms with van der Waals surface area (Å²) in [6, 6.07) is 2.49. The van der Waals surface area contributed by atoms with E-state index < -0.39 is 17.5 Å². The van der Waals surface area contributed by atoms with Crippen LogP contribution in [0.4, 0.5) is 13.9 Å². The molecule has 2 amide bonds. The summed E-state index contributed by atoms with van der Waals surface area (Å²) in [5.74, 6) is -2.77. The number of amides is 2. The summed E-state index contributed by atoms with van der Waals surface area (Å²) >= 11 is 1.03. The van der Waals surface area contributed by atoms with Gasteiger partial charge in [-0.25, -0.2) is 13.8 Å². The number of anilines is 1. The highest BCUT2D eigenvalue weighted by Crippen LogP contribution is 2.18. The summed E-state index contributed by atoms with van der Waals surface area (Å²) in [5.41, 5.74) is -0.0325. The Hall–Kier alpha value is -2.87. The molecule has 0 saturated carbocycles. The van der Waals surface area contributed by atoms with Crippen molar-refractivity contribution >= 4 is 28.3 Å². The van der Waals surface area contributed by atoms with Crippen LogP contribution in [0, 0.1) is 11.6 Å². The van der Waals surface area contributed by atoms with Crippen molar-refractivity contribution in [2.24, 2.45) is 0 Å². The van der Waals surface area contributed by atoms with E-state index in [0.717, 1.165) is 23.5 Å². The molecule has 5 nitrogen and oxygen atoms in total. The molecule has 0 aliphatic heterocycles. The van der Waals surface area contributed by atoms with E-state index in [2.05, 4.69) is 23.5 Å². The largest absolute Gasteiger partial charge is 0.330 e. The van der Waals surface area contributed by atoms with E-state index >= 15 is 0 Å². The zero-order valence-corrected chi connectivity index (χ0v) is 14.0. The van der Waals surface area contributed by atoms with Gasteiger partial charge >= 0.3 is 0 Å². The Morgan fingerprint density at radius 2 is 1.76 bits per heavy atom. The molecule has 1 N–H and O–H groups in total. The fraction of sp³-hybridized carbons (Fsp3) is 0.118. The Morgan fingerprint density at radius 3 is 2.32 bits per heavy atom. The monoisotopic (exact) mass is 363 g/mol. The third-order valence-corrected chi connectivity index (χ3v) is 3.81. The molecule has 8 heteroatoms. The first-order chi connectivity index (χ1) is 11.9. The highest BCUT2D eigenvalue weighted by molar-refractivity contribution is 7.14. The standard InChI is InChI=1S/C17H15F2N3O2S/c1-3-5-22(6-4-2)16(24)14-10-25-17(20-14)21-15(23)11-7-12(18)9-13(19)8-11/h3-4,7-10H,1-2,5-6H2,(H,20,21,23). The Morgan fingerprint density at radius 1 is 1.16 bits per heavy atom. The third-order valence-electron chi connectivity index (χ3n) is 3.05. The van der Waals surface area contributed by atoms with Gasteiger partial charge in [-0.1, -0.05) is 12.2 Å². The highest BCUT2D eigenvalue weighted by atomic mass is 32.1. The molecule has 0 radical (unpaired) electrons. The summed E-state index contributed by atoms with van der Waals surface area (Å²) < 4.78 is 26.3. The third kappa shape index (κ3) is 4.80. The van der Waals surface area contributed by atoms with Crippen molar-refractivity contribution < 1.29 is 18.4 Å².